The van der Waals surface area contributed by atoms with Gasteiger partial charge in [0.1, 0.15) is 5.60 Å². The number of nitriles is 1. The van der Waals surface area contributed by atoms with Crippen LogP contribution in [0.15, 0.2) is 53.4 Å². The van der Waals surface area contributed by atoms with Gasteiger partial charge in [-0.25, -0.2) is 13.1 Å². The maximum Gasteiger partial charge on any atom is 0.240 e. The van der Waals surface area contributed by atoms with Crippen LogP contribution in [0.25, 0.3) is 0 Å². The molecule has 24 heavy (non-hydrogen) atoms. The number of nitrogens with zero attached hydrogens (tertiary/aromatic N) is 1. The second-order valence-corrected chi connectivity index (χ2v) is 7.77. The van der Waals surface area contributed by atoms with Crippen molar-refractivity contribution in [2.24, 2.45) is 0 Å². The maximum absolute atomic E-state index is 12.5. The van der Waals surface area contributed by atoms with Gasteiger partial charge >= 0.3 is 0 Å². The number of hydrogen-bond acceptors (Lipinski definition) is 4. The fraction of sp³-hybridized carbons (Fsp3) is 0.278. The van der Waals surface area contributed by atoms with Crippen LogP contribution in [0, 0.1) is 11.3 Å². The van der Waals surface area contributed by atoms with E-state index in [1.807, 2.05) is 30.3 Å². The molecule has 0 bridgehead atoms. The molecule has 1 atom stereocenters. The molecule has 2 N–H and O–H groups in total. The molecule has 6 heteroatoms. The van der Waals surface area contributed by atoms with Gasteiger partial charge in [-0.2, -0.15) is 5.26 Å². The summed E-state index contributed by atoms with van der Waals surface area (Å²) in [6, 6.07) is 15.3. The number of aliphatic hydroxyl groups is 1. The molecule has 0 fully saturated rings. The van der Waals surface area contributed by atoms with E-state index >= 15 is 0 Å². The van der Waals surface area contributed by atoms with Crippen LogP contribution < -0.4 is 4.72 Å². The summed E-state index contributed by atoms with van der Waals surface area (Å²) in [5.74, 6) is 0. The third-order valence-corrected chi connectivity index (χ3v) is 5.78. The highest BCUT2D eigenvalue weighted by atomic mass is 32.2. The van der Waals surface area contributed by atoms with E-state index in [4.69, 9.17) is 5.26 Å². The second-order valence-electron chi connectivity index (χ2n) is 6.01. The summed E-state index contributed by atoms with van der Waals surface area (Å²) in [6.07, 6.45) is 2.19. The number of sulfonamides is 1. The zero-order valence-corrected chi connectivity index (χ0v) is 13.9. The molecule has 3 rings (SSSR count). The molecule has 0 saturated carbocycles. The van der Waals surface area contributed by atoms with Crippen molar-refractivity contribution in [3.8, 4) is 6.07 Å². The minimum absolute atomic E-state index is 0.0224. The molecule has 1 aliphatic rings. The van der Waals surface area contributed by atoms with Crippen molar-refractivity contribution < 1.29 is 13.5 Å². The molecular formula is C18H18N2O3S. The number of rotatable bonds is 4. The van der Waals surface area contributed by atoms with Crippen molar-refractivity contribution in [2.45, 2.75) is 29.8 Å². The van der Waals surface area contributed by atoms with Gasteiger partial charge in [-0.05, 0) is 48.6 Å². The summed E-state index contributed by atoms with van der Waals surface area (Å²) in [5.41, 5.74) is 0.899. The first-order valence-electron chi connectivity index (χ1n) is 7.75. The summed E-state index contributed by atoms with van der Waals surface area (Å²) in [5, 5.41) is 19.9. The Hall–Kier alpha value is -2.20. The molecule has 1 unspecified atom stereocenters. The van der Waals surface area contributed by atoms with Crippen molar-refractivity contribution in [1.29, 1.82) is 5.26 Å². The molecule has 0 heterocycles. The molecule has 0 aliphatic heterocycles. The van der Waals surface area contributed by atoms with Crippen LogP contribution >= 0.6 is 0 Å². The number of fused-ring (bicyclic) bond motifs is 1. The van der Waals surface area contributed by atoms with E-state index in [9.17, 15) is 13.5 Å². The molecule has 1 aliphatic carbocycles. The SMILES string of the molecule is N#Cc1cccc(S(=O)(=O)NCC2(O)CCCc3ccccc32)c1. The van der Waals surface area contributed by atoms with Crippen molar-refractivity contribution in [3.05, 3.63) is 65.2 Å². The van der Waals surface area contributed by atoms with Gasteiger partial charge in [0.15, 0.2) is 0 Å². The highest BCUT2D eigenvalue weighted by molar-refractivity contribution is 7.89. The Morgan fingerprint density at radius 1 is 1.21 bits per heavy atom. The number of nitrogens with one attached hydrogen (secondary N) is 1. The highest BCUT2D eigenvalue weighted by Crippen LogP contribution is 2.35. The van der Waals surface area contributed by atoms with Crippen LogP contribution in [0.3, 0.4) is 0 Å². The Bertz CT molecular complexity index is 902. The molecular weight excluding hydrogens is 324 g/mol. The predicted octanol–water partition coefficient (Wildman–Crippen LogP) is 2.06. The molecule has 5 nitrogen and oxygen atoms in total. The molecule has 0 spiro atoms. The minimum atomic E-state index is -3.79. The highest BCUT2D eigenvalue weighted by Gasteiger charge is 2.35. The first-order chi connectivity index (χ1) is 11.4. The van der Waals surface area contributed by atoms with Gasteiger partial charge in [-0.1, -0.05) is 30.3 Å². The summed E-state index contributed by atoms with van der Waals surface area (Å²) >= 11 is 0. The van der Waals surface area contributed by atoms with Gasteiger partial charge < -0.3 is 5.11 Å². The summed E-state index contributed by atoms with van der Waals surface area (Å²) < 4.78 is 27.4. The van der Waals surface area contributed by atoms with Crippen LogP contribution in [-0.2, 0) is 22.0 Å². The van der Waals surface area contributed by atoms with Crippen LogP contribution in [-0.4, -0.2) is 20.1 Å². The van der Waals surface area contributed by atoms with Crippen LogP contribution in [0.2, 0.25) is 0 Å². The van der Waals surface area contributed by atoms with E-state index < -0.39 is 15.6 Å². The maximum atomic E-state index is 12.5. The van der Waals surface area contributed by atoms with Crippen LogP contribution in [0.4, 0.5) is 0 Å². The predicted molar refractivity (Wildman–Crippen MR) is 89.6 cm³/mol. The lowest BCUT2D eigenvalue weighted by Gasteiger charge is -2.34. The molecule has 2 aromatic rings. The lowest BCUT2D eigenvalue weighted by Crippen LogP contribution is -2.42. The smallest absolute Gasteiger partial charge is 0.240 e. The van der Waals surface area contributed by atoms with Crippen molar-refractivity contribution in [2.75, 3.05) is 6.54 Å². The summed E-state index contributed by atoms with van der Waals surface area (Å²) in [7, 11) is -3.79. The second kappa shape index (κ2) is 6.36. The quantitative estimate of drug-likeness (QED) is 0.890. The average Bonchev–Trinajstić information content (AvgIpc) is 2.61. The molecule has 124 valence electrons. The van der Waals surface area contributed by atoms with E-state index in [2.05, 4.69) is 4.72 Å². The van der Waals surface area contributed by atoms with Gasteiger partial charge in [-0.3, -0.25) is 0 Å². The third-order valence-electron chi connectivity index (χ3n) is 4.38. The Morgan fingerprint density at radius 2 is 2.00 bits per heavy atom. The van der Waals surface area contributed by atoms with Gasteiger partial charge in [0.25, 0.3) is 0 Å². The fourth-order valence-electron chi connectivity index (χ4n) is 3.11. The number of hydrogen-bond donors (Lipinski definition) is 2. The van der Waals surface area contributed by atoms with Gasteiger partial charge in [0.2, 0.25) is 10.0 Å². The van der Waals surface area contributed by atoms with Gasteiger partial charge in [-0.15, -0.1) is 0 Å². The lowest BCUT2D eigenvalue weighted by atomic mass is 9.79. The van der Waals surface area contributed by atoms with E-state index in [-0.39, 0.29) is 17.0 Å². The largest absolute Gasteiger partial charge is 0.384 e. The summed E-state index contributed by atoms with van der Waals surface area (Å²) in [6.45, 7) is -0.0941. The third kappa shape index (κ3) is 3.20. The van der Waals surface area contributed by atoms with Gasteiger partial charge in [0.05, 0.1) is 16.5 Å². The fourth-order valence-corrected chi connectivity index (χ4v) is 4.25. The normalized spacial score (nSPS) is 20.2. The van der Waals surface area contributed by atoms with Gasteiger partial charge in [0, 0.05) is 6.54 Å². The minimum Gasteiger partial charge on any atom is -0.384 e. The summed E-state index contributed by atoms with van der Waals surface area (Å²) in [4.78, 5) is 0.0224. The topological polar surface area (TPSA) is 90.2 Å². The number of benzene rings is 2. The van der Waals surface area contributed by atoms with E-state index in [1.54, 1.807) is 6.07 Å². The Balaban J connectivity index is 1.84. The Kier molecular flexibility index (Phi) is 4.41. The van der Waals surface area contributed by atoms with E-state index in [0.29, 0.717) is 6.42 Å². The zero-order valence-electron chi connectivity index (χ0n) is 13.1. The average molecular weight is 342 g/mol. The standard InChI is InChI=1S/C18H18N2O3S/c19-12-14-5-3-8-16(11-14)24(22,23)20-13-18(21)10-4-7-15-6-1-2-9-17(15)18/h1-3,5-6,8-9,11,20-21H,4,7,10,13H2. The first-order valence-corrected chi connectivity index (χ1v) is 9.23. The van der Waals surface area contributed by atoms with Crippen molar-refractivity contribution in [3.63, 3.8) is 0 Å². The molecule has 0 amide bonds. The van der Waals surface area contributed by atoms with E-state index in [0.717, 1.165) is 24.0 Å². The molecule has 2 aromatic carbocycles. The van der Waals surface area contributed by atoms with Crippen LogP contribution in [0.5, 0.6) is 0 Å². The zero-order chi connectivity index (χ0) is 17.2. The van der Waals surface area contributed by atoms with E-state index in [1.165, 1.54) is 18.2 Å². The number of aryl methyl sites for hydroxylation is 1. The van der Waals surface area contributed by atoms with Crippen molar-refractivity contribution >= 4 is 10.0 Å². The molecule has 0 aromatic heterocycles. The molecule has 0 radical (unpaired) electrons. The lowest BCUT2D eigenvalue weighted by molar-refractivity contribution is 0.0243. The Labute approximate surface area is 141 Å². The van der Waals surface area contributed by atoms with Crippen molar-refractivity contribution in [1.82, 2.24) is 4.72 Å². The van der Waals surface area contributed by atoms with Crippen LogP contribution in [0.1, 0.15) is 29.5 Å². The molecule has 0 saturated heterocycles. The monoisotopic (exact) mass is 342 g/mol. The first kappa shape index (κ1) is 16.7. The Morgan fingerprint density at radius 3 is 2.79 bits per heavy atom.